The van der Waals surface area contributed by atoms with E-state index < -0.39 is 17.5 Å². The Morgan fingerprint density at radius 3 is 2.48 bits per heavy atom. The Hall–Kier alpha value is -2.11. The quantitative estimate of drug-likeness (QED) is 0.402. The lowest BCUT2D eigenvalue weighted by molar-refractivity contribution is -0.139. The van der Waals surface area contributed by atoms with Crippen LogP contribution >= 0.6 is 22.9 Å². The fraction of sp³-hybridized carbons (Fsp3) is 0.0667. The normalized spacial score (nSPS) is 11.2. The molecule has 0 unspecified atom stereocenters. The van der Waals surface area contributed by atoms with Gasteiger partial charge in [0.15, 0.2) is 5.78 Å². The molecule has 2 aromatic rings. The van der Waals surface area contributed by atoms with Crippen LogP contribution < -0.4 is 0 Å². The maximum absolute atomic E-state index is 11.9. The van der Waals surface area contributed by atoms with Gasteiger partial charge < -0.3 is 9.84 Å². The van der Waals surface area contributed by atoms with Gasteiger partial charge >= 0.3 is 5.97 Å². The maximum Gasteiger partial charge on any atom is 0.373 e. The van der Waals surface area contributed by atoms with E-state index in [-0.39, 0.29) is 0 Å². The Balaban J connectivity index is 2.22. The van der Waals surface area contributed by atoms with Gasteiger partial charge in [0.05, 0.1) is 12.0 Å². The highest BCUT2D eigenvalue weighted by Crippen LogP contribution is 2.29. The van der Waals surface area contributed by atoms with Gasteiger partial charge in [0.1, 0.15) is 0 Å². The monoisotopic (exact) mass is 322 g/mol. The van der Waals surface area contributed by atoms with Gasteiger partial charge in [0.25, 0.3) is 0 Å². The first-order chi connectivity index (χ1) is 10.0. The van der Waals surface area contributed by atoms with Crippen molar-refractivity contribution in [3.05, 3.63) is 58.1 Å². The van der Waals surface area contributed by atoms with Crippen molar-refractivity contribution in [2.75, 3.05) is 7.11 Å². The van der Waals surface area contributed by atoms with Crippen molar-refractivity contribution < 1.29 is 19.4 Å². The molecular weight excluding hydrogens is 312 g/mol. The third-order valence-electron chi connectivity index (χ3n) is 2.64. The minimum atomic E-state index is -0.946. The van der Waals surface area contributed by atoms with E-state index in [4.69, 9.17) is 11.6 Å². The van der Waals surface area contributed by atoms with E-state index in [1.165, 1.54) is 11.3 Å². The Bertz CT molecular complexity index is 701. The number of benzene rings is 1. The zero-order valence-electron chi connectivity index (χ0n) is 11.0. The Labute approximate surface area is 130 Å². The van der Waals surface area contributed by atoms with E-state index in [2.05, 4.69) is 4.74 Å². The number of ether oxygens (including phenoxy) is 1. The van der Waals surface area contributed by atoms with E-state index in [0.29, 0.717) is 9.90 Å². The van der Waals surface area contributed by atoms with E-state index >= 15 is 0 Å². The molecule has 2 rings (SSSR count). The summed E-state index contributed by atoms with van der Waals surface area (Å²) in [5.74, 6) is -2.12. The van der Waals surface area contributed by atoms with Crippen molar-refractivity contribution >= 4 is 34.7 Å². The number of carbonyl (C=O) groups is 2. The molecule has 108 valence electrons. The molecule has 0 aliphatic rings. The third-order valence-corrected chi connectivity index (χ3v) is 4.04. The Morgan fingerprint density at radius 2 is 1.86 bits per heavy atom. The number of allylic oxidation sites excluding steroid dienone is 1. The minimum Gasteiger partial charge on any atom is -0.502 e. The highest BCUT2D eigenvalue weighted by molar-refractivity contribution is 7.17. The second-order valence-corrected chi connectivity index (χ2v) is 5.58. The lowest BCUT2D eigenvalue weighted by Crippen LogP contribution is -2.06. The first-order valence-electron chi connectivity index (χ1n) is 5.90. The number of carbonyl (C=O) groups excluding carboxylic acids is 2. The number of esters is 1. The highest BCUT2D eigenvalue weighted by atomic mass is 35.5. The van der Waals surface area contributed by atoms with Gasteiger partial charge in [-0.3, -0.25) is 4.79 Å². The number of ketones is 1. The average Bonchev–Trinajstić information content (AvgIpc) is 2.97. The summed E-state index contributed by atoms with van der Waals surface area (Å²) in [7, 11) is 1.13. The van der Waals surface area contributed by atoms with Crippen molar-refractivity contribution in [1.82, 2.24) is 0 Å². The van der Waals surface area contributed by atoms with Crippen LogP contribution in [0.3, 0.4) is 0 Å². The number of rotatable bonds is 4. The first-order valence-corrected chi connectivity index (χ1v) is 7.10. The van der Waals surface area contributed by atoms with Crippen molar-refractivity contribution in [3.8, 4) is 10.4 Å². The van der Waals surface area contributed by atoms with Crippen molar-refractivity contribution in [2.45, 2.75) is 0 Å². The summed E-state index contributed by atoms with van der Waals surface area (Å²) in [6.07, 6.45) is 0.851. The van der Waals surface area contributed by atoms with Crippen LogP contribution in [0.1, 0.15) is 9.67 Å². The van der Waals surface area contributed by atoms with Gasteiger partial charge in [-0.1, -0.05) is 23.7 Å². The number of halogens is 1. The molecule has 0 radical (unpaired) electrons. The van der Waals surface area contributed by atoms with Gasteiger partial charge in [-0.05, 0) is 29.8 Å². The number of aliphatic hydroxyl groups excluding tert-OH is 1. The second kappa shape index (κ2) is 6.56. The summed E-state index contributed by atoms with van der Waals surface area (Å²) in [5, 5.41) is 10.00. The van der Waals surface area contributed by atoms with Crippen LogP contribution in [0.5, 0.6) is 0 Å². The smallest absolute Gasteiger partial charge is 0.373 e. The summed E-state index contributed by atoms with van der Waals surface area (Å²) < 4.78 is 4.32. The Morgan fingerprint density at radius 1 is 1.19 bits per heavy atom. The average molecular weight is 323 g/mol. The lowest BCUT2D eigenvalue weighted by Gasteiger charge is -1.97. The third kappa shape index (κ3) is 3.71. The van der Waals surface area contributed by atoms with Crippen LogP contribution in [-0.2, 0) is 9.53 Å². The van der Waals surface area contributed by atoms with E-state index in [1.807, 2.05) is 12.1 Å². The molecule has 1 N–H and O–H groups in total. The molecule has 0 aliphatic carbocycles. The summed E-state index contributed by atoms with van der Waals surface area (Å²) in [4.78, 5) is 24.3. The highest BCUT2D eigenvalue weighted by Gasteiger charge is 2.13. The minimum absolute atomic E-state index is 0.412. The predicted molar refractivity (Wildman–Crippen MR) is 81.8 cm³/mol. The summed E-state index contributed by atoms with van der Waals surface area (Å²) in [5.41, 5.74) is 0.935. The standard InChI is InChI=1S/C15H11ClO4S/c1-20-15(19)12(18)8-11(17)14-7-6-13(21-14)9-2-4-10(16)5-3-9/h2-8,18H,1H3/b12-8-. The molecule has 0 saturated heterocycles. The molecule has 0 atom stereocenters. The van der Waals surface area contributed by atoms with Crippen molar-refractivity contribution in [1.29, 1.82) is 0 Å². The zero-order chi connectivity index (χ0) is 15.4. The van der Waals surface area contributed by atoms with E-state index in [0.717, 1.165) is 23.6 Å². The summed E-state index contributed by atoms with van der Waals surface area (Å²) in [6, 6.07) is 10.7. The number of aliphatic hydroxyl groups is 1. The van der Waals surface area contributed by atoms with E-state index in [1.54, 1.807) is 24.3 Å². The largest absolute Gasteiger partial charge is 0.502 e. The number of thiophene rings is 1. The molecule has 0 aliphatic heterocycles. The molecule has 6 heteroatoms. The van der Waals surface area contributed by atoms with Crippen LogP contribution in [0.25, 0.3) is 10.4 Å². The molecule has 1 aromatic heterocycles. The summed E-state index contributed by atoms with van der Waals surface area (Å²) in [6.45, 7) is 0. The number of methoxy groups -OCH3 is 1. The van der Waals surface area contributed by atoms with E-state index in [9.17, 15) is 14.7 Å². The Kier molecular flexibility index (Phi) is 4.77. The summed E-state index contributed by atoms with van der Waals surface area (Å²) >= 11 is 7.09. The molecule has 21 heavy (non-hydrogen) atoms. The molecular formula is C15H11ClO4S. The van der Waals surface area contributed by atoms with Crippen molar-refractivity contribution in [2.24, 2.45) is 0 Å². The lowest BCUT2D eigenvalue weighted by atomic mass is 10.2. The molecule has 1 heterocycles. The molecule has 4 nitrogen and oxygen atoms in total. The fourth-order valence-electron chi connectivity index (χ4n) is 1.60. The molecule has 0 saturated carbocycles. The molecule has 0 fully saturated rings. The van der Waals surface area contributed by atoms with Gasteiger partial charge in [-0.2, -0.15) is 0 Å². The van der Waals surface area contributed by atoms with Crippen molar-refractivity contribution in [3.63, 3.8) is 0 Å². The first kappa shape index (κ1) is 15.3. The van der Waals surface area contributed by atoms with Crippen LogP contribution in [0.4, 0.5) is 0 Å². The van der Waals surface area contributed by atoms with Crippen LogP contribution in [0, 0.1) is 0 Å². The van der Waals surface area contributed by atoms with Crippen LogP contribution in [0.15, 0.2) is 48.2 Å². The SMILES string of the molecule is COC(=O)/C(O)=C/C(=O)c1ccc(-c2ccc(Cl)cc2)s1. The molecule has 0 spiro atoms. The molecule has 0 amide bonds. The number of hydrogen-bond acceptors (Lipinski definition) is 5. The zero-order valence-corrected chi connectivity index (χ0v) is 12.6. The second-order valence-electron chi connectivity index (χ2n) is 4.06. The maximum atomic E-state index is 11.9. The van der Waals surface area contributed by atoms with Gasteiger partial charge in [-0.15, -0.1) is 11.3 Å². The molecule has 1 aromatic carbocycles. The van der Waals surface area contributed by atoms with Crippen LogP contribution in [0.2, 0.25) is 5.02 Å². The van der Waals surface area contributed by atoms with Gasteiger partial charge in [-0.25, -0.2) is 4.79 Å². The molecule has 0 bridgehead atoms. The fourth-order valence-corrected chi connectivity index (χ4v) is 2.65. The van der Waals surface area contributed by atoms with Crippen LogP contribution in [-0.4, -0.2) is 24.0 Å². The topological polar surface area (TPSA) is 63.6 Å². The van der Waals surface area contributed by atoms with Gasteiger partial charge in [0, 0.05) is 16.0 Å². The number of hydrogen-bond donors (Lipinski definition) is 1. The predicted octanol–water partition coefficient (Wildman–Crippen LogP) is 3.87. The van der Waals surface area contributed by atoms with Gasteiger partial charge in [0.2, 0.25) is 5.76 Å².